The maximum atomic E-state index is 14.1. The van der Waals surface area contributed by atoms with Gasteiger partial charge in [-0.15, -0.1) is 0 Å². The lowest BCUT2D eigenvalue weighted by Gasteiger charge is -2.26. The van der Waals surface area contributed by atoms with E-state index in [1.54, 1.807) is 74.6 Å². The molecule has 0 radical (unpaired) electrons. The minimum absolute atomic E-state index is 0.127. The van der Waals surface area contributed by atoms with E-state index in [-0.39, 0.29) is 19.6 Å². The highest BCUT2D eigenvalue weighted by molar-refractivity contribution is 6.33. The van der Waals surface area contributed by atoms with E-state index in [0.29, 0.717) is 44.1 Å². The molecule has 1 aliphatic rings. The van der Waals surface area contributed by atoms with Crippen LogP contribution in [0, 0.1) is 0 Å². The van der Waals surface area contributed by atoms with Gasteiger partial charge in [0.05, 0.1) is 51.6 Å². The molecule has 0 aliphatic carbocycles. The first-order valence-electron chi connectivity index (χ1n) is 12.3. The zero-order valence-electron chi connectivity index (χ0n) is 22.0. The van der Waals surface area contributed by atoms with Crippen LogP contribution in [0.2, 0.25) is 10.0 Å². The molecule has 0 N–H and O–H groups in total. The van der Waals surface area contributed by atoms with E-state index in [4.69, 9.17) is 46.9 Å². The van der Waals surface area contributed by atoms with Crippen molar-refractivity contribution in [2.24, 2.45) is 0 Å². The Morgan fingerprint density at radius 1 is 0.949 bits per heavy atom. The van der Waals surface area contributed by atoms with Crippen molar-refractivity contribution in [3.05, 3.63) is 81.3 Å². The maximum absolute atomic E-state index is 14.1. The molecule has 4 rings (SSSR count). The molecule has 2 atom stereocenters. The first-order valence-corrected chi connectivity index (χ1v) is 13.0. The molecule has 1 heterocycles. The van der Waals surface area contributed by atoms with Crippen LogP contribution < -0.4 is 19.1 Å². The van der Waals surface area contributed by atoms with Crippen LogP contribution in [0.15, 0.2) is 54.6 Å². The third kappa shape index (κ3) is 6.08. The van der Waals surface area contributed by atoms with Gasteiger partial charge >= 0.3 is 5.97 Å². The fourth-order valence-electron chi connectivity index (χ4n) is 4.52. The number of ether oxygens (including phenoxy) is 5. The Labute approximate surface area is 237 Å². The number of benzene rings is 3. The van der Waals surface area contributed by atoms with Gasteiger partial charge in [0.15, 0.2) is 0 Å². The predicted octanol–water partition coefficient (Wildman–Crippen LogP) is 5.99. The van der Waals surface area contributed by atoms with Crippen molar-refractivity contribution in [2.75, 3.05) is 32.8 Å². The van der Waals surface area contributed by atoms with Gasteiger partial charge in [-0.3, -0.25) is 9.59 Å². The second-order valence-electron chi connectivity index (χ2n) is 8.68. The van der Waals surface area contributed by atoms with Gasteiger partial charge in [0.1, 0.15) is 29.5 Å². The fraction of sp³-hybridized carbons (Fsp3) is 0.310. The molecular weight excluding hydrogens is 545 g/mol. The Bertz CT molecular complexity index is 1360. The number of hydrogen-bond donors (Lipinski definition) is 0. The van der Waals surface area contributed by atoms with Gasteiger partial charge in [-0.05, 0) is 43.3 Å². The number of methoxy groups -OCH3 is 3. The van der Waals surface area contributed by atoms with Gasteiger partial charge in [-0.25, -0.2) is 0 Å². The van der Waals surface area contributed by atoms with Crippen molar-refractivity contribution in [3.63, 3.8) is 0 Å². The third-order valence-electron chi connectivity index (χ3n) is 6.38. The first kappa shape index (κ1) is 28.5. The van der Waals surface area contributed by atoms with E-state index in [0.717, 1.165) is 5.56 Å². The predicted molar refractivity (Wildman–Crippen MR) is 148 cm³/mol. The van der Waals surface area contributed by atoms with E-state index in [2.05, 4.69) is 0 Å². The summed E-state index contributed by atoms with van der Waals surface area (Å²) >= 11 is 13.2. The lowest BCUT2D eigenvalue weighted by molar-refractivity contribution is -0.151. The highest BCUT2D eigenvalue weighted by Gasteiger charge is 2.39. The lowest BCUT2D eigenvalue weighted by Crippen LogP contribution is -2.40. The zero-order chi connectivity index (χ0) is 28.1. The lowest BCUT2D eigenvalue weighted by atomic mass is 9.98. The summed E-state index contributed by atoms with van der Waals surface area (Å²) in [5.41, 5.74) is 2.44. The molecule has 0 aromatic heterocycles. The van der Waals surface area contributed by atoms with E-state index in [1.807, 2.05) is 6.07 Å². The minimum atomic E-state index is -1.17. The Morgan fingerprint density at radius 3 is 2.41 bits per heavy atom. The SMILES string of the molecule is CCOC(=O)C[C@H]1O[C@H](c2cccc(OC)c2Cl)c2cc(Cl)ccc2N(Cc2ccc(OC)cc2OC)C1=O. The van der Waals surface area contributed by atoms with E-state index >= 15 is 0 Å². The second kappa shape index (κ2) is 12.6. The van der Waals surface area contributed by atoms with E-state index in [1.165, 1.54) is 7.11 Å². The van der Waals surface area contributed by atoms with Crippen LogP contribution in [0.5, 0.6) is 17.2 Å². The first-order chi connectivity index (χ1) is 18.8. The summed E-state index contributed by atoms with van der Waals surface area (Å²) in [5, 5.41) is 0.767. The van der Waals surface area contributed by atoms with Gasteiger partial charge in [-0.2, -0.15) is 0 Å². The molecule has 10 heteroatoms. The Kier molecular flexibility index (Phi) is 9.22. The standard InChI is InChI=1S/C29H29Cl2NO7/c1-5-38-26(33)15-25-29(34)32(16-17-9-11-19(35-2)14-24(17)37-4)22-12-10-18(30)13-21(22)28(39-25)20-7-6-8-23(36-3)27(20)31/h6-14,25,28H,5,15-16H2,1-4H3/t25-,28-/m1/s1. The van der Waals surface area contributed by atoms with E-state index < -0.39 is 24.1 Å². The molecule has 8 nitrogen and oxygen atoms in total. The fourth-order valence-corrected chi connectivity index (χ4v) is 5.00. The average Bonchev–Trinajstić information content (AvgIpc) is 3.04. The number of nitrogens with zero attached hydrogens (tertiary/aromatic N) is 1. The summed E-state index contributed by atoms with van der Waals surface area (Å²) in [6, 6.07) is 15.8. The minimum Gasteiger partial charge on any atom is -0.497 e. The number of amides is 1. The molecule has 1 amide bonds. The van der Waals surface area contributed by atoms with Crippen LogP contribution in [-0.2, 0) is 25.6 Å². The molecule has 0 unspecified atom stereocenters. The summed E-state index contributed by atoms with van der Waals surface area (Å²) in [5.74, 6) is 0.611. The molecular formula is C29H29Cl2NO7. The van der Waals surface area contributed by atoms with Gasteiger partial charge < -0.3 is 28.6 Å². The molecule has 0 bridgehead atoms. The maximum Gasteiger partial charge on any atom is 0.308 e. The Morgan fingerprint density at radius 2 is 1.72 bits per heavy atom. The number of esters is 1. The van der Waals surface area contributed by atoms with Crippen LogP contribution in [0.4, 0.5) is 5.69 Å². The van der Waals surface area contributed by atoms with Crippen LogP contribution in [0.1, 0.15) is 36.1 Å². The van der Waals surface area contributed by atoms with Crippen LogP contribution >= 0.6 is 23.2 Å². The molecule has 39 heavy (non-hydrogen) atoms. The second-order valence-corrected chi connectivity index (χ2v) is 9.50. The van der Waals surface area contributed by atoms with Crippen molar-refractivity contribution < 1.29 is 33.3 Å². The number of rotatable bonds is 9. The van der Waals surface area contributed by atoms with Crippen molar-refractivity contribution in [1.29, 1.82) is 0 Å². The summed E-state index contributed by atoms with van der Waals surface area (Å²) < 4.78 is 27.9. The zero-order valence-corrected chi connectivity index (χ0v) is 23.5. The van der Waals surface area contributed by atoms with Crippen molar-refractivity contribution in [3.8, 4) is 17.2 Å². The molecule has 0 spiro atoms. The Hall–Kier alpha value is -3.46. The van der Waals surface area contributed by atoms with Gasteiger partial charge in [0.25, 0.3) is 5.91 Å². The molecule has 206 valence electrons. The largest absolute Gasteiger partial charge is 0.497 e. The van der Waals surface area contributed by atoms with Gasteiger partial charge in [0, 0.05) is 27.8 Å². The van der Waals surface area contributed by atoms with Crippen molar-refractivity contribution >= 4 is 40.8 Å². The Balaban J connectivity index is 1.88. The normalized spacial score (nSPS) is 16.8. The summed E-state index contributed by atoms with van der Waals surface area (Å²) in [6.07, 6.45) is -2.30. The average molecular weight is 574 g/mol. The number of hydrogen-bond acceptors (Lipinski definition) is 7. The topological polar surface area (TPSA) is 83.5 Å². The number of carbonyl (C=O) groups excluding carboxylic acids is 2. The monoisotopic (exact) mass is 573 g/mol. The van der Waals surface area contributed by atoms with Crippen molar-refractivity contribution in [1.82, 2.24) is 0 Å². The molecule has 0 fully saturated rings. The molecule has 3 aromatic rings. The third-order valence-corrected chi connectivity index (χ3v) is 7.02. The molecule has 1 aliphatic heterocycles. The van der Waals surface area contributed by atoms with Crippen LogP contribution in [0.25, 0.3) is 0 Å². The highest BCUT2D eigenvalue weighted by atomic mass is 35.5. The van der Waals surface area contributed by atoms with Crippen LogP contribution in [0.3, 0.4) is 0 Å². The number of halogens is 2. The summed E-state index contributed by atoms with van der Waals surface area (Å²) in [4.78, 5) is 28.2. The quantitative estimate of drug-likeness (QED) is 0.290. The van der Waals surface area contributed by atoms with Gasteiger partial charge in [-0.1, -0.05) is 35.3 Å². The van der Waals surface area contributed by atoms with Gasteiger partial charge in [0.2, 0.25) is 0 Å². The molecule has 0 saturated heterocycles. The van der Waals surface area contributed by atoms with Crippen LogP contribution in [-0.4, -0.2) is 45.9 Å². The smallest absolute Gasteiger partial charge is 0.308 e. The number of carbonyl (C=O) groups is 2. The molecule has 3 aromatic carbocycles. The summed E-state index contributed by atoms with van der Waals surface area (Å²) in [7, 11) is 4.62. The highest BCUT2D eigenvalue weighted by Crippen LogP contribution is 2.44. The van der Waals surface area contributed by atoms with Crippen molar-refractivity contribution in [2.45, 2.75) is 32.1 Å². The number of fused-ring (bicyclic) bond motifs is 1. The number of anilines is 1. The van der Waals surface area contributed by atoms with E-state index in [9.17, 15) is 9.59 Å². The molecule has 0 saturated carbocycles. The summed E-state index contributed by atoms with van der Waals surface area (Å²) in [6.45, 7) is 2.00.